The summed E-state index contributed by atoms with van der Waals surface area (Å²) in [7, 11) is 3.64. The number of carboxylic acid groups (broad SMARTS) is 1. The lowest BCUT2D eigenvalue weighted by Gasteiger charge is -2.29. The summed E-state index contributed by atoms with van der Waals surface area (Å²) in [5.74, 6) is -0.987. The molecule has 2 atom stereocenters. The highest BCUT2D eigenvalue weighted by molar-refractivity contribution is 6.18. The van der Waals surface area contributed by atoms with Crippen LogP contribution in [0.3, 0.4) is 0 Å². The minimum absolute atomic E-state index is 0.0837. The van der Waals surface area contributed by atoms with Crippen molar-refractivity contribution < 1.29 is 23.1 Å². The van der Waals surface area contributed by atoms with E-state index in [0.717, 1.165) is 25.6 Å². The van der Waals surface area contributed by atoms with Gasteiger partial charge in [-0.25, -0.2) is 19.4 Å². The quantitative estimate of drug-likeness (QED) is 0.216. The summed E-state index contributed by atoms with van der Waals surface area (Å²) in [6, 6.07) is 3.99. The first-order valence-corrected chi connectivity index (χ1v) is 14.7. The van der Waals surface area contributed by atoms with Gasteiger partial charge in [0, 0.05) is 74.4 Å². The molecule has 2 aliphatic rings. The molecule has 0 saturated carbocycles. The van der Waals surface area contributed by atoms with Crippen molar-refractivity contribution in [3.63, 3.8) is 0 Å². The van der Waals surface area contributed by atoms with E-state index in [0.29, 0.717) is 63.4 Å². The lowest BCUT2D eigenvalue weighted by Crippen LogP contribution is -2.35. The molecule has 4 aromatic heterocycles. The van der Waals surface area contributed by atoms with Crippen molar-refractivity contribution in [2.24, 2.45) is 5.92 Å². The first-order valence-electron chi connectivity index (χ1n) is 14.7. The molecule has 0 spiro atoms. The predicted molar refractivity (Wildman–Crippen MR) is 167 cm³/mol. The van der Waals surface area contributed by atoms with Crippen LogP contribution in [0.1, 0.15) is 29.3 Å². The van der Waals surface area contributed by atoms with Gasteiger partial charge in [-0.1, -0.05) is 0 Å². The number of fused-ring (bicyclic) bond motifs is 5. The summed E-state index contributed by atoms with van der Waals surface area (Å²) >= 11 is 0. The molecule has 0 unspecified atom stereocenters. The summed E-state index contributed by atoms with van der Waals surface area (Å²) in [5, 5.41) is 13.8. The first-order chi connectivity index (χ1) is 21.5. The molecule has 1 aromatic carbocycles. The summed E-state index contributed by atoms with van der Waals surface area (Å²) < 4.78 is 43.9. The van der Waals surface area contributed by atoms with E-state index in [4.69, 9.17) is 0 Å². The minimum Gasteiger partial charge on any atom is -0.477 e. The van der Waals surface area contributed by atoms with Crippen molar-refractivity contribution in [2.45, 2.75) is 25.6 Å². The highest BCUT2D eigenvalue weighted by Crippen LogP contribution is 2.47. The van der Waals surface area contributed by atoms with E-state index < -0.39 is 28.7 Å². The Morgan fingerprint density at radius 2 is 1.96 bits per heavy atom. The molecular formula is C31H31F3N8O3. The summed E-state index contributed by atoms with van der Waals surface area (Å²) in [6.07, 6.45) is 0.763. The van der Waals surface area contributed by atoms with Crippen molar-refractivity contribution in [1.82, 2.24) is 24.5 Å². The van der Waals surface area contributed by atoms with Crippen LogP contribution in [0.2, 0.25) is 0 Å². The molecule has 0 amide bonds. The zero-order valence-corrected chi connectivity index (χ0v) is 24.8. The van der Waals surface area contributed by atoms with Crippen LogP contribution in [-0.4, -0.2) is 81.9 Å². The van der Waals surface area contributed by atoms with Gasteiger partial charge in [0.05, 0.1) is 33.2 Å². The number of pyridine rings is 3. The van der Waals surface area contributed by atoms with E-state index in [1.54, 1.807) is 25.5 Å². The second-order valence-corrected chi connectivity index (χ2v) is 11.7. The van der Waals surface area contributed by atoms with Gasteiger partial charge in [0.2, 0.25) is 5.43 Å². The van der Waals surface area contributed by atoms with Crippen molar-refractivity contribution in [3.8, 4) is 11.1 Å². The Labute approximate surface area is 254 Å². The maximum absolute atomic E-state index is 14.2. The van der Waals surface area contributed by atoms with Crippen LogP contribution in [0.25, 0.3) is 44.1 Å². The number of benzene rings is 1. The highest BCUT2D eigenvalue weighted by Gasteiger charge is 2.42. The number of halogens is 3. The SMILES string of the molecule is CCNc1cc(C(F)(F)F)cc2c1[nH]c1ncc(-c3cnc4c(c3)c(=O)c(C(=O)O)cn4NC)c(N3CC[C@@H]4CN(C)C[C@@H]43)c12. The second kappa shape index (κ2) is 10.4. The van der Waals surface area contributed by atoms with Crippen LogP contribution in [0.4, 0.5) is 24.5 Å². The Hall–Kier alpha value is -4.85. The predicted octanol–water partition coefficient (Wildman–Crippen LogP) is 4.56. The van der Waals surface area contributed by atoms with Crippen LogP contribution in [0, 0.1) is 5.92 Å². The molecule has 6 heterocycles. The maximum atomic E-state index is 14.2. The molecule has 11 nitrogen and oxygen atoms in total. The molecular weight excluding hydrogens is 589 g/mol. The average Bonchev–Trinajstić information content (AvgIpc) is 3.68. The third kappa shape index (κ3) is 4.54. The zero-order valence-electron chi connectivity index (χ0n) is 24.8. The number of carboxylic acids is 1. The van der Waals surface area contributed by atoms with E-state index in [1.807, 2.05) is 6.92 Å². The van der Waals surface area contributed by atoms with Gasteiger partial charge in [0.25, 0.3) is 0 Å². The molecule has 5 aromatic rings. The molecule has 14 heteroatoms. The fourth-order valence-electron chi connectivity index (χ4n) is 7.08. The third-order valence-electron chi connectivity index (χ3n) is 9.04. The number of likely N-dealkylation sites (tertiary alicyclic amines) is 1. The fourth-order valence-corrected chi connectivity index (χ4v) is 7.08. The van der Waals surface area contributed by atoms with Crippen molar-refractivity contribution in [2.75, 3.05) is 55.9 Å². The first kappa shape index (κ1) is 28.9. The molecule has 0 aliphatic carbocycles. The maximum Gasteiger partial charge on any atom is 0.416 e. The largest absolute Gasteiger partial charge is 0.477 e. The molecule has 2 fully saturated rings. The van der Waals surface area contributed by atoms with Crippen LogP contribution in [0.15, 0.2) is 41.6 Å². The number of likely N-dealkylation sites (N-methyl/N-ethyl adjacent to an activating group) is 1. The van der Waals surface area contributed by atoms with Crippen molar-refractivity contribution >= 4 is 50.3 Å². The summed E-state index contributed by atoms with van der Waals surface area (Å²) in [5.41, 5.74) is 4.27. The number of H-pyrrole nitrogens is 1. The number of nitrogens with zero attached hydrogens (tertiary/aromatic N) is 5. The van der Waals surface area contributed by atoms with Gasteiger partial charge in [-0.3, -0.25) is 4.79 Å². The molecule has 0 radical (unpaired) electrons. The number of nitrogens with one attached hydrogen (secondary N) is 3. The number of hydrogen-bond donors (Lipinski definition) is 4. The highest BCUT2D eigenvalue weighted by atomic mass is 19.4. The van der Waals surface area contributed by atoms with Crippen LogP contribution >= 0.6 is 0 Å². The summed E-state index contributed by atoms with van der Waals surface area (Å²) in [4.78, 5) is 42.2. The van der Waals surface area contributed by atoms with Gasteiger partial charge in [0.15, 0.2) is 5.65 Å². The molecule has 2 saturated heterocycles. The minimum atomic E-state index is -4.57. The van der Waals surface area contributed by atoms with Gasteiger partial charge in [0.1, 0.15) is 11.2 Å². The van der Waals surface area contributed by atoms with Crippen LogP contribution < -0.4 is 21.1 Å². The van der Waals surface area contributed by atoms with E-state index in [-0.39, 0.29) is 17.1 Å². The smallest absolute Gasteiger partial charge is 0.416 e. The van der Waals surface area contributed by atoms with Gasteiger partial charge < -0.3 is 30.6 Å². The third-order valence-corrected chi connectivity index (χ3v) is 9.04. The summed E-state index contributed by atoms with van der Waals surface area (Å²) in [6.45, 7) is 4.64. The number of rotatable bonds is 6. The molecule has 2 aliphatic heterocycles. The second-order valence-electron chi connectivity index (χ2n) is 11.7. The Balaban J connectivity index is 1.56. The average molecular weight is 621 g/mol. The number of aromatic amines is 1. The number of aromatic carboxylic acids is 1. The fraction of sp³-hybridized carbons (Fsp3) is 0.355. The standard InChI is InChI=1S/C31H31F3N8O3/c1-4-36-22-9-17(31(32,33)34)8-18-24-26(41-6-5-15-12-40(3)14-23(15)41)20(11-37-28(24)39-25(18)22)16-7-19-27(43)21(30(44)45)13-42(35-2)29(19)38-10-16/h7-11,13,15,23,35-36H,4-6,12,14H2,1-3H3,(H,37,39)(H,44,45)/t15-,23+/m1/s1. The molecule has 45 heavy (non-hydrogen) atoms. The molecule has 234 valence electrons. The van der Waals surface area contributed by atoms with Gasteiger partial charge in [-0.15, -0.1) is 0 Å². The number of carbonyl (C=O) groups is 1. The van der Waals surface area contributed by atoms with Crippen LogP contribution in [0.5, 0.6) is 0 Å². The monoisotopic (exact) mass is 620 g/mol. The van der Waals surface area contributed by atoms with Crippen molar-refractivity contribution in [3.05, 3.63) is 58.1 Å². The Bertz CT molecular complexity index is 2070. The van der Waals surface area contributed by atoms with Gasteiger partial charge in [-0.05, 0) is 44.5 Å². The van der Waals surface area contributed by atoms with Gasteiger partial charge in [-0.2, -0.15) is 13.2 Å². The Morgan fingerprint density at radius 3 is 2.67 bits per heavy atom. The zero-order chi connectivity index (χ0) is 31.8. The Kier molecular flexibility index (Phi) is 6.65. The lowest BCUT2D eigenvalue weighted by molar-refractivity contribution is -0.137. The lowest BCUT2D eigenvalue weighted by atomic mass is 9.99. The Morgan fingerprint density at radius 1 is 1.16 bits per heavy atom. The van der Waals surface area contributed by atoms with Crippen molar-refractivity contribution in [1.29, 1.82) is 0 Å². The van der Waals surface area contributed by atoms with E-state index in [9.17, 15) is 27.9 Å². The topological polar surface area (TPSA) is 131 Å². The van der Waals surface area contributed by atoms with Crippen LogP contribution in [-0.2, 0) is 6.18 Å². The number of anilines is 2. The molecule has 0 bridgehead atoms. The number of alkyl halides is 3. The number of aromatic nitrogens is 4. The van der Waals surface area contributed by atoms with E-state index in [1.165, 1.54) is 16.9 Å². The normalized spacial score (nSPS) is 18.8. The molecule has 7 rings (SSSR count). The van der Waals surface area contributed by atoms with Gasteiger partial charge >= 0.3 is 12.1 Å². The van der Waals surface area contributed by atoms with E-state index in [2.05, 4.69) is 42.5 Å². The van der Waals surface area contributed by atoms with E-state index >= 15 is 0 Å². The number of hydrogen-bond acceptors (Lipinski definition) is 8. The molecule has 4 N–H and O–H groups in total.